The normalized spacial score (nSPS) is 39.2. The lowest BCUT2D eigenvalue weighted by Gasteiger charge is -2.39. The van der Waals surface area contributed by atoms with Gasteiger partial charge in [-0.3, -0.25) is 9.00 Å². The number of hydrogen-bond donors (Lipinski definition) is 0. The fourth-order valence-electron chi connectivity index (χ4n) is 3.08. The molecule has 0 aromatic carbocycles. The minimum atomic E-state index is -2.05. The third-order valence-corrected chi connectivity index (χ3v) is 11.3. The van der Waals surface area contributed by atoms with Crippen LogP contribution in [0.4, 0.5) is 0 Å². The van der Waals surface area contributed by atoms with E-state index in [9.17, 15) is 9.00 Å². The fourth-order valence-corrected chi connectivity index (χ4v) is 5.97. The molecule has 0 radical (unpaired) electrons. The molecule has 3 rings (SSSR count). The van der Waals surface area contributed by atoms with Crippen LogP contribution in [0.5, 0.6) is 0 Å². The van der Waals surface area contributed by atoms with Crippen molar-refractivity contribution in [3.63, 3.8) is 0 Å². The Balaban J connectivity index is 1.93. The first-order valence-electron chi connectivity index (χ1n) is 7.53. The average molecular weight is 329 g/mol. The van der Waals surface area contributed by atoms with Gasteiger partial charge in [0.05, 0.1) is 5.75 Å². The molecule has 1 unspecified atom stereocenters. The zero-order valence-corrected chi connectivity index (χ0v) is 15.2. The van der Waals surface area contributed by atoms with Crippen molar-refractivity contribution in [2.24, 2.45) is 5.92 Å². The number of carbonyl (C=O) groups is 1. The summed E-state index contributed by atoms with van der Waals surface area (Å²) in [5, 5.41) is 0.0427. The fraction of sp³-hybridized carbons (Fsp3) is 0.800. The van der Waals surface area contributed by atoms with Crippen molar-refractivity contribution in [2.45, 2.75) is 57.0 Å². The molecule has 0 aromatic rings. The van der Waals surface area contributed by atoms with E-state index in [0.29, 0.717) is 23.7 Å². The van der Waals surface area contributed by atoms with Crippen molar-refractivity contribution < 1.29 is 18.2 Å². The molecule has 3 aliphatic rings. The quantitative estimate of drug-likeness (QED) is 0.730. The van der Waals surface area contributed by atoms with Gasteiger partial charge in [-0.25, -0.2) is 0 Å². The van der Waals surface area contributed by atoms with Crippen molar-refractivity contribution in [1.82, 2.24) is 0 Å². The van der Waals surface area contributed by atoms with Gasteiger partial charge in [-0.15, -0.1) is 0 Å². The summed E-state index contributed by atoms with van der Waals surface area (Å²) in [4.78, 5) is 12.5. The Morgan fingerprint density at radius 1 is 1.43 bits per heavy atom. The van der Waals surface area contributed by atoms with Gasteiger partial charge >= 0.3 is 0 Å². The summed E-state index contributed by atoms with van der Waals surface area (Å²) in [6, 6.07) is 0. The van der Waals surface area contributed by atoms with E-state index >= 15 is 0 Å². The summed E-state index contributed by atoms with van der Waals surface area (Å²) >= 11 is 0. The summed E-state index contributed by atoms with van der Waals surface area (Å²) in [7, 11) is -2.89. The molecule has 4 atom stereocenters. The smallest absolute Gasteiger partial charge is 0.250 e. The highest BCUT2D eigenvalue weighted by molar-refractivity contribution is 7.85. The molecular formula is C15H24O4SSi. The summed E-state index contributed by atoms with van der Waals surface area (Å²) in [5.41, 5.74) is -0.513. The maximum atomic E-state index is 12.5. The number of rotatable bonds is 2. The summed E-state index contributed by atoms with van der Waals surface area (Å²) < 4.78 is 24.1. The van der Waals surface area contributed by atoms with Crippen LogP contribution < -0.4 is 0 Å². The van der Waals surface area contributed by atoms with Crippen molar-refractivity contribution in [3.05, 3.63) is 11.8 Å². The zero-order chi connectivity index (χ0) is 15.6. The first-order valence-corrected chi connectivity index (χ1v) is 11.9. The van der Waals surface area contributed by atoms with E-state index < -0.39 is 30.8 Å². The van der Waals surface area contributed by atoms with Crippen LogP contribution in [-0.4, -0.2) is 41.5 Å². The molecule has 2 saturated heterocycles. The van der Waals surface area contributed by atoms with Crippen LogP contribution in [0, 0.1) is 5.92 Å². The molecule has 2 fully saturated rings. The molecule has 0 saturated carbocycles. The van der Waals surface area contributed by atoms with Gasteiger partial charge in [-0.05, 0) is 30.6 Å². The van der Waals surface area contributed by atoms with E-state index in [4.69, 9.17) is 9.16 Å². The third-order valence-electron chi connectivity index (χ3n) is 5.41. The minimum Gasteiger partial charge on any atom is -0.541 e. The van der Waals surface area contributed by atoms with Gasteiger partial charge in [-0.2, -0.15) is 0 Å². The van der Waals surface area contributed by atoms with Crippen LogP contribution in [0.2, 0.25) is 18.1 Å². The van der Waals surface area contributed by atoms with E-state index in [0.717, 1.165) is 0 Å². The second-order valence-electron chi connectivity index (χ2n) is 7.98. The predicted molar refractivity (Wildman–Crippen MR) is 85.0 cm³/mol. The Bertz CT molecular complexity index is 548. The molecule has 21 heavy (non-hydrogen) atoms. The topological polar surface area (TPSA) is 52.6 Å². The van der Waals surface area contributed by atoms with Crippen LogP contribution in [0.1, 0.15) is 27.2 Å². The van der Waals surface area contributed by atoms with Crippen molar-refractivity contribution in [1.29, 1.82) is 0 Å². The molecule has 0 amide bonds. The number of hydrogen-bond acceptors (Lipinski definition) is 4. The van der Waals surface area contributed by atoms with Gasteiger partial charge < -0.3 is 9.16 Å². The third kappa shape index (κ3) is 2.35. The first kappa shape index (κ1) is 15.4. The van der Waals surface area contributed by atoms with Crippen LogP contribution in [-0.2, 0) is 24.8 Å². The Labute approximate surface area is 129 Å². The molecule has 6 heteroatoms. The van der Waals surface area contributed by atoms with E-state index in [1.54, 1.807) is 0 Å². The van der Waals surface area contributed by atoms with Crippen LogP contribution >= 0.6 is 0 Å². The Morgan fingerprint density at radius 3 is 2.71 bits per heavy atom. The van der Waals surface area contributed by atoms with Crippen LogP contribution in [0.25, 0.3) is 0 Å². The largest absolute Gasteiger partial charge is 0.541 e. The average Bonchev–Trinajstić information content (AvgIpc) is 2.73. The molecule has 3 aliphatic heterocycles. The van der Waals surface area contributed by atoms with Gasteiger partial charge in [0.25, 0.3) is 8.32 Å². The van der Waals surface area contributed by atoms with Gasteiger partial charge in [0, 0.05) is 22.5 Å². The molecule has 2 bridgehead atoms. The van der Waals surface area contributed by atoms with E-state index in [1.165, 1.54) is 0 Å². The van der Waals surface area contributed by atoms with Crippen molar-refractivity contribution in [2.75, 3.05) is 11.5 Å². The summed E-state index contributed by atoms with van der Waals surface area (Å²) in [6.07, 6.45) is 2.15. The highest BCUT2D eigenvalue weighted by Gasteiger charge is 2.59. The lowest BCUT2D eigenvalue weighted by Crippen LogP contribution is -2.45. The highest BCUT2D eigenvalue weighted by Crippen LogP contribution is 2.48. The first-order chi connectivity index (χ1) is 9.54. The monoisotopic (exact) mass is 328 g/mol. The molecule has 1 spiro atoms. The molecule has 0 N–H and O–H groups in total. The van der Waals surface area contributed by atoms with Gasteiger partial charge in [0.2, 0.25) is 5.78 Å². The maximum Gasteiger partial charge on any atom is 0.250 e. The number of ether oxygens (including phenoxy) is 1. The number of Topliss-reactive ketones (excluding diaryl/α,β-unsaturated/α-hetero) is 1. The van der Waals surface area contributed by atoms with Gasteiger partial charge in [0.1, 0.15) is 17.5 Å². The maximum absolute atomic E-state index is 12.5. The van der Waals surface area contributed by atoms with Gasteiger partial charge in [0.15, 0.2) is 0 Å². The molecule has 118 valence electrons. The lowest BCUT2D eigenvalue weighted by molar-refractivity contribution is -0.133. The predicted octanol–water partition coefficient (Wildman–Crippen LogP) is 2.38. The van der Waals surface area contributed by atoms with E-state index in [2.05, 4.69) is 33.9 Å². The van der Waals surface area contributed by atoms with E-state index in [1.807, 2.05) is 6.08 Å². The van der Waals surface area contributed by atoms with Gasteiger partial charge in [-0.1, -0.05) is 20.8 Å². The standard InChI is InChI=1S/C15H24O4SSi/c1-14(2,3)21(4,5)19-12-7-15-9-20(17)8-10(15)6-11(18-15)13(12)16/h7,10-11H,6,8-9H2,1-5H3/t10-,11-,15+,20?/m0/s1. The number of ketones is 1. The Morgan fingerprint density at radius 2 is 2.10 bits per heavy atom. The second kappa shape index (κ2) is 4.52. The molecule has 0 aliphatic carbocycles. The molecule has 3 heterocycles. The number of fused-ring (bicyclic) bond motifs is 1. The highest BCUT2D eigenvalue weighted by atomic mass is 32.2. The van der Waals surface area contributed by atoms with Crippen LogP contribution in [0.15, 0.2) is 11.8 Å². The van der Waals surface area contributed by atoms with Crippen molar-refractivity contribution in [3.8, 4) is 0 Å². The van der Waals surface area contributed by atoms with Crippen LogP contribution in [0.3, 0.4) is 0 Å². The second-order valence-corrected chi connectivity index (χ2v) is 14.2. The molecular weight excluding hydrogens is 304 g/mol. The Hall–Kier alpha value is -0.463. The number of carbonyl (C=O) groups excluding carboxylic acids is 1. The molecule has 0 aromatic heterocycles. The van der Waals surface area contributed by atoms with E-state index in [-0.39, 0.29) is 16.7 Å². The SMILES string of the molecule is CC(C)(C)[Si](C)(C)OC1=C[C@@]23CS(=O)C[C@@H]2C[C@H](O3)C1=O. The Kier molecular flexibility index (Phi) is 3.32. The summed E-state index contributed by atoms with van der Waals surface area (Å²) in [5.74, 6) is 1.80. The van der Waals surface area contributed by atoms with Crippen molar-refractivity contribution >= 4 is 24.9 Å². The minimum absolute atomic E-state index is 0.0226. The molecule has 4 nitrogen and oxygen atoms in total. The zero-order valence-electron chi connectivity index (χ0n) is 13.4. The summed E-state index contributed by atoms with van der Waals surface area (Å²) in [6.45, 7) is 10.7. The lowest BCUT2D eigenvalue weighted by atomic mass is 9.91.